The Hall–Kier alpha value is -0.830. The van der Waals surface area contributed by atoms with Crippen LogP contribution in [0.4, 0.5) is 0 Å². The summed E-state index contributed by atoms with van der Waals surface area (Å²) in [5.41, 5.74) is 2.36. The van der Waals surface area contributed by atoms with Crippen molar-refractivity contribution < 1.29 is 4.52 Å². The molecule has 0 aliphatic heterocycles. The van der Waals surface area contributed by atoms with Crippen molar-refractivity contribution in [3.05, 3.63) is 17.5 Å². The zero-order valence-electron chi connectivity index (χ0n) is 5.92. The van der Waals surface area contributed by atoms with Crippen LogP contribution in [-0.2, 0) is 6.42 Å². The highest BCUT2D eigenvalue weighted by atomic mass is 16.5. The van der Waals surface area contributed by atoms with Crippen LogP contribution in [0.2, 0.25) is 0 Å². The summed E-state index contributed by atoms with van der Waals surface area (Å²) in [4.78, 5) is 0. The average Bonchev–Trinajstić information content (AvgIpc) is 2.44. The molecule has 0 bridgehead atoms. The SMILES string of the molecule is CNC1CCc2conc21. The van der Waals surface area contributed by atoms with Crippen molar-refractivity contribution >= 4 is 0 Å². The second-order valence-electron chi connectivity index (χ2n) is 2.60. The van der Waals surface area contributed by atoms with Gasteiger partial charge in [0.25, 0.3) is 0 Å². The van der Waals surface area contributed by atoms with Crippen LogP contribution in [-0.4, -0.2) is 12.2 Å². The molecule has 0 aromatic carbocycles. The normalized spacial score (nSPS) is 23.1. The first-order valence-electron chi connectivity index (χ1n) is 3.52. The fourth-order valence-electron chi connectivity index (χ4n) is 1.46. The van der Waals surface area contributed by atoms with Gasteiger partial charge in [-0.15, -0.1) is 0 Å². The molecule has 1 aliphatic rings. The van der Waals surface area contributed by atoms with E-state index in [9.17, 15) is 0 Å². The molecule has 0 radical (unpaired) electrons. The Balaban J connectivity index is 2.34. The van der Waals surface area contributed by atoms with Crippen molar-refractivity contribution in [2.45, 2.75) is 18.9 Å². The van der Waals surface area contributed by atoms with E-state index in [-0.39, 0.29) is 0 Å². The molecular weight excluding hydrogens is 128 g/mol. The molecule has 0 saturated carbocycles. The summed E-state index contributed by atoms with van der Waals surface area (Å²) in [6.07, 6.45) is 4.00. The molecule has 0 amide bonds. The fraction of sp³-hybridized carbons (Fsp3) is 0.571. The van der Waals surface area contributed by atoms with Crippen LogP contribution in [0, 0.1) is 0 Å². The third-order valence-electron chi connectivity index (χ3n) is 2.06. The van der Waals surface area contributed by atoms with Gasteiger partial charge >= 0.3 is 0 Å². The van der Waals surface area contributed by atoms with E-state index >= 15 is 0 Å². The predicted octanol–water partition coefficient (Wildman–Crippen LogP) is 0.881. The Labute approximate surface area is 59.4 Å². The predicted molar refractivity (Wildman–Crippen MR) is 36.6 cm³/mol. The maximum atomic E-state index is 4.83. The number of hydrogen-bond acceptors (Lipinski definition) is 3. The van der Waals surface area contributed by atoms with E-state index in [1.54, 1.807) is 6.26 Å². The van der Waals surface area contributed by atoms with E-state index in [1.807, 2.05) is 7.05 Å². The highest BCUT2D eigenvalue weighted by molar-refractivity contribution is 5.23. The first-order chi connectivity index (χ1) is 4.92. The van der Waals surface area contributed by atoms with Crippen molar-refractivity contribution in [2.24, 2.45) is 0 Å². The largest absolute Gasteiger partial charge is 0.364 e. The number of aromatic nitrogens is 1. The summed E-state index contributed by atoms with van der Waals surface area (Å²) in [5.74, 6) is 0. The van der Waals surface area contributed by atoms with E-state index in [1.165, 1.54) is 5.56 Å². The minimum atomic E-state index is 0.425. The van der Waals surface area contributed by atoms with Crippen LogP contribution in [0.5, 0.6) is 0 Å². The molecule has 1 N–H and O–H groups in total. The topological polar surface area (TPSA) is 38.1 Å². The molecule has 1 heterocycles. The number of nitrogens with zero attached hydrogens (tertiary/aromatic N) is 1. The zero-order chi connectivity index (χ0) is 6.97. The van der Waals surface area contributed by atoms with Crippen LogP contribution >= 0.6 is 0 Å². The van der Waals surface area contributed by atoms with Gasteiger partial charge in [0.15, 0.2) is 0 Å². The highest BCUT2D eigenvalue weighted by Gasteiger charge is 2.24. The Kier molecular flexibility index (Phi) is 1.24. The lowest BCUT2D eigenvalue weighted by Gasteiger charge is -2.03. The quantitative estimate of drug-likeness (QED) is 0.626. The molecule has 0 fully saturated rings. The molecule has 1 aromatic heterocycles. The van der Waals surface area contributed by atoms with Crippen LogP contribution in [0.15, 0.2) is 10.8 Å². The number of fused-ring (bicyclic) bond motifs is 1. The van der Waals surface area contributed by atoms with Crippen LogP contribution < -0.4 is 5.32 Å². The lowest BCUT2D eigenvalue weighted by Crippen LogP contribution is -2.13. The molecule has 0 saturated heterocycles. The Bertz CT molecular complexity index is 231. The standard InChI is InChI=1S/C7H10N2O/c1-8-6-3-2-5-4-10-9-7(5)6/h4,6,8H,2-3H2,1H3. The smallest absolute Gasteiger partial charge is 0.127 e. The van der Waals surface area contributed by atoms with Crippen molar-refractivity contribution in [1.82, 2.24) is 10.5 Å². The number of aryl methyl sites for hydroxylation is 1. The molecule has 1 aliphatic carbocycles. The van der Waals surface area contributed by atoms with E-state index in [4.69, 9.17) is 4.52 Å². The lowest BCUT2D eigenvalue weighted by molar-refractivity contribution is 0.393. The first-order valence-corrected chi connectivity index (χ1v) is 3.52. The van der Waals surface area contributed by atoms with Gasteiger partial charge in [-0.05, 0) is 19.9 Å². The second-order valence-corrected chi connectivity index (χ2v) is 2.60. The summed E-state index contributed by atoms with van der Waals surface area (Å²) in [7, 11) is 1.95. The van der Waals surface area contributed by atoms with Gasteiger partial charge in [0.2, 0.25) is 0 Å². The van der Waals surface area contributed by atoms with Gasteiger partial charge < -0.3 is 9.84 Å². The monoisotopic (exact) mass is 138 g/mol. The minimum Gasteiger partial charge on any atom is -0.364 e. The Morgan fingerprint density at radius 2 is 2.70 bits per heavy atom. The van der Waals surface area contributed by atoms with Crippen molar-refractivity contribution in [3.8, 4) is 0 Å². The van der Waals surface area contributed by atoms with Gasteiger partial charge in [0, 0.05) is 5.56 Å². The first kappa shape index (κ1) is 5.92. The third kappa shape index (κ3) is 0.671. The third-order valence-corrected chi connectivity index (χ3v) is 2.06. The maximum Gasteiger partial charge on any atom is 0.127 e. The summed E-state index contributed by atoms with van der Waals surface area (Å²) >= 11 is 0. The lowest BCUT2D eigenvalue weighted by atomic mass is 10.2. The highest BCUT2D eigenvalue weighted by Crippen LogP contribution is 2.28. The van der Waals surface area contributed by atoms with Crippen molar-refractivity contribution in [2.75, 3.05) is 7.05 Å². The van der Waals surface area contributed by atoms with Gasteiger partial charge in [-0.1, -0.05) is 5.16 Å². The van der Waals surface area contributed by atoms with Gasteiger partial charge in [-0.2, -0.15) is 0 Å². The van der Waals surface area contributed by atoms with Gasteiger partial charge in [-0.3, -0.25) is 0 Å². The van der Waals surface area contributed by atoms with Crippen molar-refractivity contribution in [3.63, 3.8) is 0 Å². The molecule has 2 rings (SSSR count). The summed E-state index contributed by atoms with van der Waals surface area (Å²) in [5, 5.41) is 7.10. The summed E-state index contributed by atoms with van der Waals surface area (Å²) in [6.45, 7) is 0. The van der Waals surface area contributed by atoms with E-state index in [2.05, 4.69) is 10.5 Å². The van der Waals surface area contributed by atoms with E-state index < -0.39 is 0 Å². The summed E-state index contributed by atoms with van der Waals surface area (Å²) in [6, 6.07) is 0.425. The van der Waals surface area contributed by atoms with Gasteiger partial charge in [0.1, 0.15) is 12.0 Å². The number of hydrogen-bond donors (Lipinski definition) is 1. The van der Waals surface area contributed by atoms with E-state index in [0.29, 0.717) is 6.04 Å². The van der Waals surface area contributed by atoms with Crippen LogP contribution in [0.25, 0.3) is 0 Å². The molecule has 3 nitrogen and oxygen atoms in total. The molecule has 54 valence electrons. The molecule has 0 spiro atoms. The molecule has 1 aromatic rings. The fourth-order valence-corrected chi connectivity index (χ4v) is 1.46. The molecule has 1 atom stereocenters. The Morgan fingerprint density at radius 3 is 3.50 bits per heavy atom. The average molecular weight is 138 g/mol. The van der Waals surface area contributed by atoms with Crippen molar-refractivity contribution in [1.29, 1.82) is 0 Å². The molecule has 10 heavy (non-hydrogen) atoms. The summed E-state index contributed by atoms with van der Waals surface area (Å²) < 4.78 is 4.83. The van der Waals surface area contributed by atoms with E-state index in [0.717, 1.165) is 18.5 Å². The van der Waals surface area contributed by atoms with Gasteiger partial charge in [-0.25, -0.2) is 0 Å². The van der Waals surface area contributed by atoms with Gasteiger partial charge in [0.05, 0.1) is 6.04 Å². The van der Waals surface area contributed by atoms with Crippen LogP contribution in [0.1, 0.15) is 23.7 Å². The molecule has 3 heteroatoms. The Morgan fingerprint density at radius 1 is 1.80 bits per heavy atom. The number of nitrogens with one attached hydrogen (secondary N) is 1. The molecule has 1 unspecified atom stereocenters. The minimum absolute atomic E-state index is 0.425. The second kappa shape index (κ2) is 2.09. The van der Waals surface area contributed by atoms with Crippen LogP contribution in [0.3, 0.4) is 0 Å². The number of rotatable bonds is 1. The zero-order valence-corrected chi connectivity index (χ0v) is 5.92. The molecular formula is C7H10N2O. The maximum absolute atomic E-state index is 4.83.